The molecule has 6 nitrogen and oxygen atoms in total. The molecule has 0 fully saturated rings. The quantitative estimate of drug-likeness (QED) is 0.526. The molecule has 6 heteroatoms. The lowest BCUT2D eigenvalue weighted by Crippen LogP contribution is -2.50. The van der Waals surface area contributed by atoms with E-state index < -0.39 is 0 Å². The number of aromatic amines is 1. The molecule has 0 radical (unpaired) electrons. The second-order valence-corrected chi connectivity index (χ2v) is 4.06. The van der Waals surface area contributed by atoms with Crippen LogP contribution in [0.25, 0.3) is 0 Å². The number of fused-ring (bicyclic) bond motifs is 1. The Bertz CT molecular complexity index is 377. The van der Waals surface area contributed by atoms with Crippen LogP contribution in [-0.4, -0.2) is 39.7 Å². The zero-order valence-electron chi connectivity index (χ0n) is 9.16. The highest BCUT2D eigenvalue weighted by Gasteiger charge is 2.26. The first-order chi connectivity index (χ1) is 7.70. The van der Waals surface area contributed by atoms with Crippen LogP contribution < -0.4 is 10.6 Å². The molecule has 1 aliphatic heterocycles. The van der Waals surface area contributed by atoms with Crippen molar-refractivity contribution in [3.8, 4) is 0 Å². The lowest BCUT2D eigenvalue weighted by molar-refractivity contribution is -0.124. The van der Waals surface area contributed by atoms with Gasteiger partial charge in [-0.25, -0.2) is 4.98 Å². The van der Waals surface area contributed by atoms with E-state index in [4.69, 9.17) is 5.11 Å². The molecular weight excluding hydrogens is 208 g/mol. The Morgan fingerprint density at radius 3 is 3.38 bits per heavy atom. The van der Waals surface area contributed by atoms with Gasteiger partial charge in [0.05, 0.1) is 30.4 Å². The van der Waals surface area contributed by atoms with E-state index in [1.54, 1.807) is 13.3 Å². The van der Waals surface area contributed by atoms with Crippen LogP contribution in [0.1, 0.15) is 18.3 Å². The number of aliphatic hydroxyl groups is 1. The summed E-state index contributed by atoms with van der Waals surface area (Å²) < 4.78 is 0. The van der Waals surface area contributed by atoms with Gasteiger partial charge in [-0.3, -0.25) is 10.1 Å². The van der Waals surface area contributed by atoms with Gasteiger partial charge in [-0.15, -0.1) is 0 Å². The minimum Gasteiger partial charge on any atom is -0.394 e. The average Bonchev–Trinajstić information content (AvgIpc) is 2.75. The largest absolute Gasteiger partial charge is 0.394 e. The normalized spacial score (nSPS) is 21.2. The van der Waals surface area contributed by atoms with Crippen molar-refractivity contribution in [1.82, 2.24) is 20.6 Å². The van der Waals surface area contributed by atoms with Crippen molar-refractivity contribution in [2.75, 3.05) is 6.61 Å². The van der Waals surface area contributed by atoms with E-state index in [2.05, 4.69) is 20.6 Å². The van der Waals surface area contributed by atoms with Crippen LogP contribution in [0.4, 0.5) is 0 Å². The van der Waals surface area contributed by atoms with E-state index in [1.165, 1.54) is 0 Å². The molecule has 1 aromatic heterocycles. The topological polar surface area (TPSA) is 90.0 Å². The molecule has 0 saturated heterocycles. The molecule has 0 saturated carbocycles. The maximum absolute atomic E-state index is 11.8. The summed E-state index contributed by atoms with van der Waals surface area (Å²) in [4.78, 5) is 19.0. The highest BCUT2D eigenvalue weighted by molar-refractivity contribution is 5.82. The molecule has 88 valence electrons. The molecule has 2 heterocycles. The van der Waals surface area contributed by atoms with Crippen LogP contribution in [0.5, 0.6) is 0 Å². The lowest BCUT2D eigenvalue weighted by Gasteiger charge is -2.23. The van der Waals surface area contributed by atoms with Gasteiger partial charge in [0.25, 0.3) is 0 Å². The van der Waals surface area contributed by atoms with Crippen molar-refractivity contribution in [1.29, 1.82) is 0 Å². The van der Waals surface area contributed by atoms with Crippen molar-refractivity contribution in [2.24, 2.45) is 0 Å². The Labute approximate surface area is 93.5 Å². The number of imidazole rings is 1. The summed E-state index contributed by atoms with van der Waals surface area (Å²) in [5, 5.41) is 14.7. The molecule has 2 unspecified atom stereocenters. The molecule has 1 aliphatic rings. The van der Waals surface area contributed by atoms with E-state index in [0.29, 0.717) is 13.0 Å². The molecule has 1 aromatic rings. The summed E-state index contributed by atoms with van der Waals surface area (Å²) in [7, 11) is 0. The van der Waals surface area contributed by atoms with Crippen LogP contribution in [0.3, 0.4) is 0 Å². The number of aromatic nitrogens is 2. The Balaban J connectivity index is 1.95. The van der Waals surface area contributed by atoms with E-state index in [1.807, 2.05) is 0 Å². The molecule has 4 N–H and O–H groups in total. The van der Waals surface area contributed by atoms with Gasteiger partial charge in [0.1, 0.15) is 0 Å². The molecule has 0 aliphatic carbocycles. The zero-order chi connectivity index (χ0) is 11.5. The molecule has 2 atom stereocenters. The van der Waals surface area contributed by atoms with E-state index in [0.717, 1.165) is 11.4 Å². The fourth-order valence-electron chi connectivity index (χ4n) is 1.74. The fourth-order valence-corrected chi connectivity index (χ4v) is 1.74. The number of amides is 1. The predicted octanol–water partition coefficient (Wildman–Crippen LogP) is -1.08. The number of rotatable bonds is 3. The second kappa shape index (κ2) is 4.63. The summed E-state index contributed by atoms with van der Waals surface area (Å²) in [6.07, 6.45) is 2.23. The first-order valence-corrected chi connectivity index (χ1v) is 5.36. The van der Waals surface area contributed by atoms with Gasteiger partial charge in [0, 0.05) is 19.0 Å². The molecule has 1 amide bonds. The Kier molecular flexibility index (Phi) is 3.21. The summed E-state index contributed by atoms with van der Waals surface area (Å²) in [5.74, 6) is -0.0878. The van der Waals surface area contributed by atoms with Gasteiger partial charge < -0.3 is 15.4 Å². The van der Waals surface area contributed by atoms with Crippen molar-refractivity contribution in [2.45, 2.75) is 32.0 Å². The number of nitrogens with zero attached hydrogens (tertiary/aromatic N) is 1. The molecular formula is C10H16N4O2. The number of nitrogens with one attached hydrogen (secondary N) is 3. The fraction of sp³-hybridized carbons (Fsp3) is 0.600. The first kappa shape index (κ1) is 11.1. The first-order valence-electron chi connectivity index (χ1n) is 5.36. The molecule has 2 rings (SSSR count). The van der Waals surface area contributed by atoms with Crippen molar-refractivity contribution >= 4 is 5.91 Å². The minimum atomic E-state index is -0.259. The third-order valence-corrected chi connectivity index (χ3v) is 2.71. The molecule has 0 bridgehead atoms. The Morgan fingerprint density at radius 1 is 1.81 bits per heavy atom. The average molecular weight is 224 g/mol. The summed E-state index contributed by atoms with van der Waals surface area (Å²) >= 11 is 0. The number of carbonyl (C=O) groups is 1. The van der Waals surface area contributed by atoms with E-state index >= 15 is 0 Å². The van der Waals surface area contributed by atoms with Gasteiger partial charge in [0.15, 0.2) is 0 Å². The summed E-state index contributed by atoms with van der Waals surface area (Å²) in [5.41, 5.74) is 1.98. The van der Waals surface area contributed by atoms with Crippen molar-refractivity contribution in [3.63, 3.8) is 0 Å². The minimum absolute atomic E-state index is 0.0495. The van der Waals surface area contributed by atoms with E-state index in [-0.39, 0.29) is 24.6 Å². The molecule has 0 aromatic carbocycles. The highest BCUT2D eigenvalue weighted by Crippen LogP contribution is 2.12. The number of hydrogen-bond acceptors (Lipinski definition) is 4. The van der Waals surface area contributed by atoms with Crippen LogP contribution in [-0.2, 0) is 17.8 Å². The second-order valence-electron chi connectivity index (χ2n) is 4.06. The highest BCUT2D eigenvalue weighted by atomic mass is 16.3. The smallest absolute Gasteiger partial charge is 0.237 e. The number of hydrogen-bond donors (Lipinski definition) is 4. The van der Waals surface area contributed by atoms with Crippen molar-refractivity contribution in [3.05, 3.63) is 17.7 Å². The third kappa shape index (κ3) is 2.23. The van der Waals surface area contributed by atoms with Crippen molar-refractivity contribution < 1.29 is 9.90 Å². The molecule has 16 heavy (non-hydrogen) atoms. The van der Waals surface area contributed by atoms with Gasteiger partial charge in [-0.05, 0) is 6.92 Å². The van der Waals surface area contributed by atoms with Gasteiger partial charge >= 0.3 is 0 Å². The van der Waals surface area contributed by atoms with Gasteiger partial charge in [0.2, 0.25) is 5.91 Å². The Morgan fingerprint density at radius 2 is 2.62 bits per heavy atom. The third-order valence-electron chi connectivity index (χ3n) is 2.71. The lowest BCUT2D eigenvalue weighted by atomic mass is 10.0. The Hall–Kier alpha value is -1.40. The monoisotopic (exact) mass is 224 g/mol. The molecule has 0 spiro atoms. The van der Waals surface area contributed by atoms with Crippen LogP contribution in [0.15, 0.2) is 6.33 Å². The SMILES string of the molecule is CC(CO)NC(=O)C1Cc2nc[nH]c2CN1. The number of aliphatic hydroxyl groups excluding tert-OH is 1. The maximum atomic E-state index is 11.8. The maximum Gasteiger partial charge on any atom is 0.237 e. The zero-order valence-corrected chi connectivity index (χ0v) is 9.16. The number of carbonyl (C=O) groups excluding carboxylic acids is 1. The van der Waals surface area contributed by atoms with Gasteiger partial charge in [-0.1, -0.05) is 0 Å². The van der Waals surface area contributed by atoms with Gasteiger partial charge in [-0.2, -0.15) is 0 Å². The van der Waals surface area contributed by atoms with Crippen LogP contribution >= 0.6 is 0 Å². The predicted molar refractivity (Wildman–Crippen MR) is 57.6 cm³/mol. The van der Waals surface area contributed by atoms with E-state index in [9.17, 15) is 4.79 Å². The summed E-state index contributed by atoms with van der Waals surface area (Å²) in [6, 6.07) is -0.473. The van der Waals surface area contributed by atoms with Crippen LogP contribution in [0.2, 0.25) is 0 Å². The number of H-pyrrole nitrogens is 1. The summed E-state index contributed by atoms with van der Waals surface area (Å²) in [6.45, 7) is 2.34. The standard InChI is InChI=1S/C10H16N4O2/c1-6(4-15)14-10(16)8-2-7-9(3-11-8)13-5-12-7/h5-6,8,11,15H,2-4H2,1H3,(H,12,13)(H,14,16). The van der Waals surface area contributed by atoms with Crippen LogP contribution in [0, 0.1) is 0 Å².